The third-order valence-corrected chi connectivity index (χ3v) is 5.17. The molecular weight excluding hydrogens is 264 g/mol. The van der Waals surface area contributed by atoms with E-state index in [1.54, 1.807) is 12.1 Å². The van der Waals surface area contributed by atoms with Gasteiger partial charge in [-0.1, -0.05) is 11.6 Å². The summed E-state index contributed by atoms with van der Waals surface area (Å²) in [4.78, 5) is 12.0. The number of carbonyl (C=O) groups is 1. The van der Waals surface area contributed by atoms with Crippen LogP contribution in [0.25, 0.3) is 0 Å². The highest BCUT2D eigenvalue weighted by atomic mass is 32.2. The molecule has 5 nitrogen and oxygen atoms in total. The van der Waals surface area contributed by atoms with Crippen molar-refractivity contribution in [3.05, 3.63) is 29.3 Å². The zero-order valence-electron chi connectivity index (χ0n) is 10.8. The topological polar surface area (TPSA) is 89.3 Å². The Hall–Kier alpha value is -1.56. The molecule has 0 bridgehead atoms. The van der Waals surface area contributed by atoms with E-state index >= 15 is 0 Å². The quantitative estimate of drug-likeness (QED) is 0.800. The van der Waals surface area contributed by atoms with E-state index in [0.717, 1.165) is 5.56 Å². The fourth-order valence-electron chi connectivity index (χ4n) is 2.23. The predicted molar refractivity (Wildman–Crippen MR) is 74.7 cm³/mol. The van der Waals surface area contributed by atoms with Gasteiger partial charge in [-0.25, -0.2) is 8.42 Å². The molecule has 0 aliphatic carbocycles. The second kappa shape index (κ2) is 5.21. The number of nitrogens with two attached hydrogens (primary N) is 1. The lowest BCUT2D eigenvalue weighted by Gasteiger charge is -2.11. The average Bonchev–Trinajstić information content (AvgIpc) is 2.69. The Morgan fingerprint density at radius 3 is 2.84 bits per heavy atom. The average molecular weight is 282 g/mol. The van der Waals surface area contributed by atoms with Crippen LogP contribution in [0.3, 0.4) is 0 Å². The molecule has 1 amide bonds. The molecule has 0 spiro atoms. The minimum Gasteiger partial charge on any atom is -0.398 e. The lowest BCUT2D eigenvalue weighted by molar-refractivity contribution is 0.0949. The van der Waals surface area contributed by atoms with Crippen molar-refractivity contribution in [3.8, 4) is 0 Å². The van der Waals surface area contributed by atoms with Gasteiger partial charge >= 0.3 is 0 Å². The van der Waals surface area contributed by atoms with Gasteiger partial charge in [0.05, 0.1) is 17.1 Å². The number of hydrogen-bond donors (Lipinski definition) is 2. The van der Waals surface area contributed by atoms with Crippen LogP contribution < -0.4 is 11.1 Å². The zero-order chi connectivity index (χ0) is 14.0. The van der Waals surface area contributed by atoms with Crippen molar-refractivity contribution >= 4 is 21.4 Å². The maximum atomic E-state index is 12.0. The summed E-state index contributed by atoms with van der Waals surface area (Å²) in [6, 6.07) is 5.27. The summed E-state index contributed by atoms with van der Waals surface area (Å²) in [6.45, 7) is 2.27. The fourth-order valence-corrected chi connectivity index (χ4v) is 4.09. The molecule has 0 radical (unpaired) electrons. The predicted octanol–water partition coefficient (Wildman–Crippen LogP) is 0.742. The fraction of sp³-hybridized carbons (Fsp3) is 0.462. The molecule has 1 aliphatic rings. The van der Waals surface area contributed by atoms with Gasteiger partial charge in [0, 0.05) is 12.2 Å². The van der Waals surface area contributed by atoms with Gasteiger partial charge < -0.3 is 11.1 Å². The lowest BCUT2D eigenvalue weighted by atomic mass is 10.1. The van der Waals surface area contributed by atoms with E-state index in [9.17, 15) is 13.2 Å². The SMILES string of the molecule is Cc1ccc(N)c(C(=O)NCC2CCS(=O)(=O)C2)c1. The summed E-state index contributed by atoms with van der Waals surface area (Å²) in [6.07, 6.45) is 0.617. The maximum absolute atomic E-state index is 12.0. The van der Waals surface area contributed by atoms with Crippen LogP contribution in [0.5, 0.6) is 0 Å². The van der Waals surface area contributed by atoms with E-state index in [4.69, 9.17) is 5.73 Å². The van der Waals surface area contributed by atoms with Crippen LogP contribution in [-0.2, 0) is 9.84 Å². The molecule has 1 aromatic carbocycles. The Kier molecular flexibility index (Phi) is 3.80. The van der Waals surface area contributed by atoms with Crippen molar-refractivity contribution in [3.63, 3.8) is 0 Å². The Bertz CT molecular complexity index is 596. The van der Waals surface area contributed by atoms with Crippen molar-refractivity contribution in [1.82, 2.24) is 5.32 Å². The first-order valence-corrected chi connectivity index (χ1v) is 8.04. The van der Waals surface area contributed by atoms with Gasteiger partial charge in [-0.15, -0.1) is 0 Å². The number of rotatable bonds is 3. The summed E-state index contributed by atoms with van der Waals surface area (Å²) in [5.41, 5.74) is 7.60. The molecule has 1 fully saturated rings. The van der Waals surface area contributed by atoms with E-state index in [0.29, 0.717) is 24.2 Å². The smallest absolute Gasteiger partial charge is 0.253 e. The van der Waals surface area contributed by atoms with Crippen LogP contribution in [0.2, 0.25) is 0 Å². The molecule has 19 heavy (non-hydrogen) atoms. The number of nitrogen functional groups attached to an aromatic ring is 1. The van der Waals surface area contributed by atoms with Crippen molar-refractivity contribution < 1.29 is 13.2 Å². The largest absolute Gasteiger partial charge is 0.398 e. The number of anilines is 1. The van der Waals surface area contributed by atoms with Gasteiger partial charge in [0.25, 0.3) is 5.91 Å². The minimum atomic E-state index is -2.90. The number of amides is 1. The first kappa shape index (κ1) is 13.9. The third-order valence-electron chi connectivity index (χ3n) is 3.33. The molecule has 1 saturated heterocycles. The standard InChI is InChI=1S/C13H18N2O3S/c1-9-2-3-12(14)11(6-9)13(16)15-7-10-4-5-19(17,18)8-10/h2-3,6,10H,4-5,7-8,14H2,1H3,(H,15,16). The van der Waals surface area contributed by atoms with Gasteiger partial charge in [0.1, 0.15) is 0 Å². The van der Waals surface area contributed by atoms with Gasteiger partial charge in [-0.2, -0.15) is 0 Å². The maximum Gasteiger partial charge on any atom is 0.253 e. The summed E-state index contributed by atoms with van der Waals surface area (Å²) in [7, 11) is -2.90. The molecular formula is C13H18N2O3S. The minimum absolute atomic E-state index is 0.0139. The molecule has 0 saturated carbocycles. The molecule has 1 heterocycles. The molecule has 104 valence electrons. The first-order valence-electron chi connectivity index (χ1n) is 6.22. The molecule has 3 N–H and O–H groups in total. The van der Waals surface area contributed by atoms with Crippen LogP contribution in [0, 0.1) is 12.8 Å². The van der Waals surface area contributed by atoms with Crippen molar-refractivity contribution in [2.24, 2.45) is 5.92 Å². The highest BCUT2D eigenvalue weighted by Crippen LogP contribution is 2.18. The summed E-state index contributed by atoms with van der Waals surface area (Å²) in [5, 5.41) is 2.76. The first-order chi connectivity index (χ1) is 8.87. The normalized spacial score (nSPS) is 21.2. The number of aryl methyl sites for hydroxylation is 1. The lowest BCUT2D eigenvalue weighted by Crippen LogP contribution is -2.30. The van der Waals surface area contributed by atoms with E-state index in [1.165, 1.54) is 0 Å². The molecule has 0 aromatic heterocycles. The number of benzene rings is 1. The summed E-state index contributed by atoms with van der Waals surface area (Å²) in [5.74, 6) is 0.155. The Morgan fingerprint density at radius 2 is 2.21 bits per heavy atom. The molecule has 1 aromatic rings. The van der Waals surface area contributed by atoms with Crippen LogP contribution in [0.15, 0.2) is 18.2 Å². The van der Waals surface area contributed by atoms with Gasteiger partial charge in [-0.05, 0) is 31.4 Å². The van der Waals surface area contributed by atoms with Gasteiger partial charge in [0.15, 0.2) is 9.84 Å². The number of hydrogen-bond acceptors (Lipinski definition) is 4. The van der Waals surface area contributed by atoms with E-state index < -0.39 is 9.84 Å². The summed E-state index contributed by atoms with van der Waals surface area (Å²) < 4.78 is 22.6. The van der Waals surface area contributed by atoms with Crippen molar-refractivity contribution in [1.29, 1.82) is 0 Å². The Balaban J connectivity index is 1.97. The second-order valence-electron chi connectivity index (χ2n) is 5.07. The highest BCUT2D eigenvalue weighted by Gasteiger charge is 2.28. The second-order valence-corrected chi connectivity index (χ2v) is 7.30. The zero-order valence-corrected chi connectivity index (χ0v) is 11.7. The van der Waals surface area contributed by atoms with E-state index in [-0.39, 0.29) is 23.3 Å². The molecule has 1 atom stereocenters. The molecule has 1 aliphatic heterocycles. The molecule has 6 heteroatoms. The summed E-state index contributed by atoms with van der Waals surface area (Å²) >= 11 is 0. The van der Waals surface area contributed by atoms with E-state index in [2.05, 4.69) is 5.32 Å². The van der Waals surface area contributed by atoms with Crippen LogP contribution in [0.1, 0.15) is 22.3 Å². The van der Waals surface area contributed by atoms with Crippen LogP contribution >= 0.6 is 0 Å². The monoisotopic (exact) mass is 282 g/mol. The van der Waals surface area contributed by atoms with Gasteiger partial charge in [-0.3, -0.25) is 4.79 Å². The number of nitrogens with one attached hydrogen (secondary N) is 1. The highest BCUT2D eigenvalue weighted by molar-refractivity contribution is 7.91. The molecule has 1 unspecified atom stereocenters. The number of sulfone groups is 1. The van der Waals surface area contributed by atoms with Crippen molar-refractivity contribution in [2.75, 3.05) is 23.8 Å². The number of carbonyl (C=O) groups excluding carboxylic acids is 1. The molecule has 2 rings (SSSR count). The third kappa shape index (κ3) is 3.47. The Morgan fingerprint density at radius 1 is 1.47 bits per heavy atom. The Labute approximate surface area is 113 Å². The van der Waals surface area contributed by atoms with Crippen LogP contribution in [-0.4, -0.2) is 32.4 Å². The van der Waals surface area contributed by atoms with Crippen molar-refractivity contribution in [2.45, 2.75) is 13.3 Å². The van der Waals surface area contributed by atoms with E-state index in [1.807, 2.05) is 13.0 Å². The van der Waals surface area contributed by atoms with Gasteiger partial charge in [0.2, 0.25) is 0 Å². The van der Waals surface area contributed by atoms with Crippen LogP contribution in [0.4, 0.5) is 5.69 Å².